The summed E-state index contributed by atoms with van der Waals surface area (Å²) in [6.07, 6.45) is 10.1. The van der Waals surface area contributed by atoms with Crippen LogP contribution < -0.4 is 0 Å². The Morgan fingerprint density at radius 1 is 1.08 bits per heavy atom. The topological polar surface area (TPSA) is 0 Å². The fourth-order valence-electron chi connectivity index (χ4n) is 0.892. The van der Waals surface area contributed by atoms with Gasteiger partial charge in [0.2, 0.25) is 0 Å². The molecule has 0 aromatic heterocycles. The van der Waals surface area contributed by atoms with E-state index in [0.717, 1.165) is 0 Å². The number of rotatable bonds is 6. The summed E-state index contributed by atoms with van der Waals surface area (Å²) >= 11 is 0. The molecule has 0 N–H and O–H groups in total. The lowest BCUT2D eigenvalue weighted by atomic mass is 10.1. The van der Waals surface area contributed by atoms with E-state index in [1.54, 1.807) is 0 Å². The maximum Gasteiger partial charge on any atom is -0.0353 e. The third kappa shape index (κ3) is 34.4. The van der Waals surface area contributed by atoms with Crippen LogP contribution in [-0.2, 0) is 0 Å². The van der Waals surface area contributed by atoms with Gasteiger partial charge >= 0.3 is 0 Å². The molecule has 78 valence electrons. The van der Waals surface area contributed by atoms with Crippen molar-refractivity contribution in [2.75, 3.05) is 0 Å². The molecule has 0 atom stereocenters. The predicted octanol–water partition coefficient (Wildman–Crippen LogP) is 5.12. The maximum absolute atomic E-state index is 3.68. The second-order valence-corrected chi connectivity index (χ2v) is 3.70. The average molecular weight is 182 g/mol. The third-order valence-corrected chi connectivity index (χ3v) is 1.51. The first kappa shape index (κ1) is 15.0. The summed E-state index contributed by atoms with van der Waals surface area (Å²) in [6.45, 7) is 13.4. The fraction of sp³-hybridized carbons (Fsp3) is 0.692. The first-order chi connectivity index (χ1) is 6.15. The molecule has 0 aliphatic rings. The van der Waals surface area contributed by atoms with Crippen molar-refractivity contribution in [1.82, 2.24) is 0 Å². The van der Waals surface area contributed by atoms with Gasteiger partial charge in [-0.3, -0.25) is 0 Å². The summed E-state index contributed by atoms with van der Waals surface area (Å²) in [6, 6.07) is 0. The second kappa shape index (κ2) is 14.0. The maximum atomic E-state index is 3.68. The molecule has 0 aliphatic carbocycles. The Morgan fingerprint density at radius 2 is 1.54 bits per heavy atom. The molecule has 0 aromatic rings. The summed E-state index contributed by atoms with van der Waals surface area (Å²) in [5.41, 5.74) is 1.17. The molecule has 0 heteroatoms. The van der Waals surface area contributed by atoms with Crippen molar-refractivity contribution in [1.29, 1.82) is 0 Å². The molecular weight excluding hydrogens is 156 g/mol. The molecule has 0 saturated carbocycles. The zero-order chi connectivity index (χ0) is 10.5. The van der Waals surface area contributed by atoms with Gasteiger partial charge < -0.3 is 0 Å². The summed E-state index contributed by atoms with van der Waals surface area (Å²) in [5, 5.41) is 0. The van der Waals surface area contributed by atoms with Crippen LogP contribution in [0.2, 0.25) is 0 Å². The molecule has 0 radical (unpaired) electrons. The number of hydrogen-bond acceptors (Lipinski definition) is 0. The van der Waals surface area contributed by atoms with Crippen LogP contribution in [-0.4, -0.2) is 0 Å². The van der Waals surface area contributed by atoms with Gasteiger partial charge in [-0.2, -0.15) is 0 Å². The summed E-state index contributed by atoms with van der Waals surface area (Å²) in [4.78, 5) is 0. The molecule has 0 amide bonds. The van der Waals surface area contributed by atoms with Crippen molar-refractivity contribution < 1.29 is 0 Å². The highest BCUT2D eigenvalue weighted by atomic mass is 13.9. The Balaban J connectivity index is 0. The second-order valence-electron chi connectivity index (χ2n) is 3.70. The normalized spacial score (nSPS) is 8.54. The van der Waals surface area contributed by atoms with E-state index in [1.165, 1.54) is 44.1 Å². The van der Waals surface area contributed by atoms with Gasteiger partial charge in [-0.15, -0.1) is 13.2 Å². The third-order valence-electron chi connectivity index (χ3n) is 1.51. The van der Waals surface area contributed by atoms with Gasteiger partial charge in [-0.1, -0.05) is 44.3 Å². The lowest BCUT2D eigenvalue weighted by molar-refractivity contribution is 0.638. The van der Waals surface area contributed by atoms with E-state index in [1.807, 2.05) is 19.9 Å². The van der Waals surface area contributed by atoms with Crippen molar-refractivity contribution in [3.05, 3.63) is 24.8 Å². The van der Waals surface area contributed by atoms with E-state index >= 15 is 0 Å². The zero-order valence-electron chi connectivity index (χ0n) is 9.73. The minimum Gasteiger partial charge on any atom is -0.103 e. The molecule has 0 fully saturated rings. The van der Waals surface area contributed by atoms with Gasteiger partial charge in [0, 0.05) is 0 Å². The highest BCUT2D eigenvalue weighted by Crippen LogP contribution is 2.04. The molecule has 0 aromatic carbocycles. The Bertz CT molecular complexity index is 107. The molecular formula is C13H26. The first-order valence-corrected chi connectivity index (χ1v) is 5.38. The van der Waals surface area contributed by atoms with Crippen LogP contribution in [0.15, 0.2) is 24.8 Å². The van der Waals surface area contributed by atoms with Crippen LogP contribution in [0.5, 0.6) is 0 Å². The Hall–Kier alpha value is -0.520. The Kier molecular flexibility index (Phi) is 16.2. The Morgan fingerprint density at radius 3 is 1.92 bits per heavy atom. The molecule has 0 unspecified atom stereocenters. The summed E-state index contributed by atoms with van der Waals surface area (Å²) in [5.74, 6) is 0. The number of hydrogen-bond donors (Lipinski definition) is 0. The summed E-state index contributed by atoms with van der Waals surface area (Å²) < 4.78 is 0. The van der Waals surface area contributed by atoms with E-state index < -0.39 is 0 Å². The van der Waals surface area contributed by atoms with Crippen molar-refractivity contribution >= 4 is 0 Å². The molecule has 0 spiro atoms. The molecule has 0 bridgehead atoms. The van der Waals surface area contributed by atoms with E-state index in [9.17, 15) is 0 Å². The minimum atomic E-state index is 1.17. The number of allylic oxidation sites excluding steroid dienone is 2. The predicted molar refractivity (Wildman–Crippen MR) is 64.1 cm³/mol. The molecule has 0 saturated heterocycles. The van der Waals surface area contributed by atoms with Crippen LogP contribution in [0.4, 0.5) is 0 Å². The van der Waals surface area contributed by atoms with Gasteiger partial charge in [0.15, 0.2) is 0 Å². The number of unbranched alkanes of at least 4 members (excludes halogenated alkanes) is 5. The van der Waals surface area contributed by atoms with Crippen LogP contribution in [0, 0.1) is 0 Å². The lowest BCUT2D eigenvalue weighted by Gasteiger charge is -1.94. The van der Waals surface area contributed by atoms with Crippen molar-refractivity contribution in [2.45, 2.75) is 59.3 Å². The molecule has 0 heterocycles. The van der Waals surface area contributed by atoms with E-state index in [0.29, 0.717) is 0 Å². The van der Waals surface area contributed by atoms with Gasteiger partial charge in [0.05, 0.1) is 0 Å². The fourth-order valence-corrected chi connectivity index (χ4v) is 0.892. The van der Waals surface area contributed by atoms with Crippen molar-refractivity contribution in [2.24, 2.45) is 0 Å². The minimum absolute atomic E-state index is 1.17. The van der Waals surface area contributed by atoms with Gasteiger partial charge in [-0.05, 0) is 26.7 Å². The van der Waals surface area contributed by atoms with Crippen LogP contribution in [0.1, 0.15) is 59.3 Å². The highest BCUT2D eigenvalue weighted by molar-refractivity contribution is 4.78. The van der Waals surface area contributed by atoms with E-state index in [-0.39, 0.29) is 0 Å². The van der Waals surface area contributed by atoms with Gasteiger partial charge in [0.1, 0.15) is 0 Å². The van der Waals surface area contributed by atoms with Crippen LogP contribution in [0.3, 0.4) is 0 Å². The van der Waals surface area contributed by atoms with Crippen molar-refractivity contribution in [3.8, 4) is 0 Å². The lowest BCUT2D eigenvalue weighted by Crippen LogP contribution is -1.74. The monoisotopic (exact) mass is 182 g/mol. The van der Waals surface area contributed by atoms with Crippen molar-refractivity contribution in [3.63, 3.8) is 0 Å². The SMILES string of the molecule is C=C(C)C.C=CCCCCCCC. The highest BCUT2D eigenvalue weighted by Gasteiger charge is 1.84. The summed E-state index contributed by atoms with van der Waals surface area (Å²) in [7, 11) is 0. The van der Waals surface area contributed by atoms with E-state index in [4.69, 9.17) is 0 Å². The van der Waals surface area contributed by atoms with Gasteiger partial charge in [0.25, 0.3) is 0 Å². The molecule has 0 nitrogen and oxygen atoms in total. The molecule has 0 rings (SSSR count). The van der Waals surface area contributed by atoms with Crippen LogP contribution in [0.25, 0.3) is 0 Å². The van der Waals surface area contributed by atoms with Gasteiger partial charge in [-0.25, -0.2) is 0 Å². The molecule has 13 heavy (non-hydrogen) atoms. The van der Waals surface area contributed by atoms with Crippen LogP contribution >= 0.6 is 0 Å². The van der Waals surface area contributed by atoms with E-state index in [2.05, 4.69) is 20.1 Å². The zero-order valence-corrected chi connectivity index (χ0v) is 9.73. The average Bonchev–Trinajstić information content (AvgIpc) is 2.03. The first-order valence-electron chi connectivity index (χ1n) is 5.38. The Labute approximate surface area is 84.7 Å². The standard InChI is InChI=1S/C9H18.C4H8/c1-3-5-7-9-8-6-4-2;1-4(2)3/h3H,1,4-9H2,2H3;1H2,2-3H3. The quantitative estimate of drug-likeness (QED) is 0.395. The smallest absolute Gasteiger partial charge is 0.0353 e. The molecule has 0 aliphatic heterocycles. The largest absolute Gasteiger partial charge is 0.103 e.